The minimum atomic E-state index is -0.260. The fraction of sp³-hybridized carbons (Fsp3) is 0.533. The number of halogens is 1. The van der Waals surface area contributed by atoms with Crippen molar-refractivity contribution in [3.8, 4) is 6.07 Å². The van der Waals surface area contributed by atoms with Crippen molar-refractivity contribution >= 4 is 0 Å². The van der Waals surface area contributed by atoms with E-state index >= 15 is 0 Å². The van der Waals surface area contributed by atoms with Crippen LogP contribution in [0.3, 0.4) is 0 Å². The summed E-state index contributed by atoms with van der Waals surface area (Å²) in [5.74, 6) is 0.328. The smallest absolute Gasteiger partial charge is 0.123 e. The highest BCUT2D eigenvalue weighted by Crippen LogP contribution is 2.29. The van der Waals surface area contributed by atoms with Gasteiger partial charge in [-0.3, -0.25) is 4.90 Å². The molecule has 1 aromatic rings. The molecule has 0 saturated heterocycles. The molecular formula is C15H19FN2. The maximum absolute atomic E-state index is 13.3. The quantitative estimate of drug-likeness (QED) is 0.797. The highest BCUT2D eigenvalue weighted by molar-refractivity contribution is 5.37. The van der Waals surface area contributed by atoms with Gasteiger partial charge in [0.15, 0.2) is 0 Å². The second-order valence-corrected chi connectivity index (χ2v) is 5.47. The van der Waals surface area contributed by atoms with E-state index in [9.17, 15) is 4.39 Å². The molecule has 0 amide bonds. The third-order valence-corrected chi connectivity index (χ3v) is 3.22. The molecule has 0 spiro atoms. The molecule has 2 rings (SSSR count). The van der Waals surface area contributed by atoms with E-state index < -0.39 is 0 Å². The molecule has 0 radical (unpaired) electrons. The second kappa shape index (κ2) is 5.49. The molecular weight excluding hydrogens is 227 g/mol. The molecule has 1 aliphatic rings. The molecule has 0 aliphatic heterocycles. The second-order valence-electron chi connectivity index (χ2n) is 5.47. The van der Waals surface area contributed by atoms with Crippen molar-refractivity contribution in [1.29, 1.82) is 5.26 Å². The van der Waals surface area contributed by atoms with Crippen LogP contribution in [0.1, 0.15) is 37.8 Å². The van der Waals surface area contributed by atoms with Crippen LogP contribution >= 0.6 is 0 Å². The van der Waals surface area contributed by atoms with Crippen LogP contribution in [-0.2, 0) is 6.54 Å². The highest BCUT2D eigenvalue weighted by atomic mass is 19.1. The van der Waals surface area contributed by atoms with Crippen LogP contribution in [0.2, 0.25) is 0 Å². The molecule has 2 nitrogen and oxygen atoms in total. The predicted octanol–water partition coefficient (Wildman–Crippen LogP) is 3.32. The van der Waals surface area contributed by atoms with Gasteiger partial charge in [-0.15, -0.1) is 0 Å². The minimum absolute atomic E-state index is 0.260. The van der Waals surface area contributed by atoms with Gasteiger partial charge in [-0.2, -0.15) is 5.26 Å². The lowest BCUT2D eigenvalue weighted by molar-refractivity contribution is 0.225. The summed E-state index contributed by atoms with van der Waals surface area (Å²) < 4.78 is 13.3. The Hall–Kier alpha value is -1.40. The van der Waals surface area contributed by atoms with Gasteiger partial charge in [-0.1, -0.05) is 13.8 Å². The lowest BCUT2D eigenvalue weighted by atomic mass is 10.1. The van der Waals surface area contributed by atoms with Crippen molar-refractivity contribution in [3.63, 3.8) is 0 Å². The van der Waals surface area contributed by atoms with Gasteiger partial charge >= 0.3 is 0 Å². The zero-order chi connectivity index (χ0) is 13.1. The van der Waals surface area contributed by atoms with Crippen molar-refractivity contribution in [2.24, 2.45) is 5.92 Å². The van der Waals surface area contributed by atoms with Gasteiger partial charge in [-0.05, 0) is 42.5 Å². The molecule has 0 N–H and O–H groups in total. The molecule has 3 heteroatoms. The van der Waals surface area contributed by atoms with Crippen LogP contribution in [-0.4, -0.2) is 17.5 Å². The average Bonchev–Trinajstić information content (AvgIpc) is 3.11. The molecule has 0 bridgehead atoms. The van der Waals surface area contributed by atoms with Crippen LogP contribution in [0.5, 0.6) is 0 Å². The summed E-state index contributed by atoms with van der Waals surface area (Å²) in [7, 11) is 0. The van der Waals surface area contributed by atoms with Crippen LogP contribution in [0, 0.1) is 23.1 Å². The maximum Gasteiger partial charge on any atom is 0.123 e. The zero-order valence-electron chi connectivity index (χ0n) is 11.0. The molecule has 0 atom stereocenters. The molecule has 1 aromatic carbocycles. The normalized spacial score (nSPS) is 15.1. The first-order valence-corrected chi connectivity index (χ1v) is 6.52. The van der Waals surface area contributed by atoms with E-state index in [1.807, 2.05) is 0 Å². The van der Waals surface area contributed by atoms with Gasteiger partial charge < -0.3 is 0 Å². The van der Waals surface area contributed by atoms with Crippen LogP contribution in [0.4, 0.5) is 4.39 Å². The Morgan fingerprint density at radius 1 is 1.44 bits per heavy atom. The summed E-state index contributed by atoms with van der Waals surface area (Å²) >= 11 is 0. The van der Waals surface area contributed by atoms with Crippen molar-refractivity contribution in [2.45, 2.75) is 39.3 Å². The average molecular weight is 246 g/mol. The minimum Gasteiger partial charge on any atom is -0.296 e. The summed E-state index contributed by atoms with van der Waals surface area (Å²) in [4.78, 5) is 2.38. The van der Waals surface area contributed by atoms with Gasteiger partial charge in [0.2, 0.25) is 0 Å². The first-order chi connectivity index (χ1) is 8.60. The molecule has 1 aliphatic carbocycles. The monoisotopic (exact) mass is 246 g/mol. The van der Waals surface area contributed by atoms with Crippen molar-refractivity contribution in [2.75, 3.05) is 6.54 Å². The number of benzene rings is 1. The lowest BCUT2D eigenvalue weighted by Gasteiger charge is -2.24. The van der Waals surface area contributed by atoms with E-state index in [1.54, 1.807) is 6.07 Å². The number of hydrogen-bond acceptors (Lipinski definition) is 2. The zero-order valence-corrected chi connectivity index (χ0v) is 11.0. The van der Waals surface area contributed by atoms with Gasteiger partial charge in [-0.25, -0.2) is 4.39 Å². The van der Waals surface area contributed by atoms with Crippen LogP contribution < -0.4 is 0 Å². The topological polar surface area (TPSA) is 27.0 Å². The van der Waals surface area contributed by atoms with Gasteiger partial charge in [0.1, 0.15) is 5.82 Å². The molecule has 0 aromatic heterocycles. The van der Waals surface area contributed by atoms with E-state index in [-0.39, 0.29) is 5.82 Å². The molecule has 1 saturated carbocycles. The number of nitrogens with zero attached hydrogens (tertiary/aromatic N) is 2. The Balaban J connectivity index is 2.15. The number of rotatable bonds is 5. The van der Waals surface area contributed by atoms with E-state index in [0.717, 1.165) is 12.1 Å². The molecule has 1 fully saturated rings. The summed E-state index contributed by atoms with van der Waals surface area (Å²) in [6.45, 7) is 6.06. The number of nitriles is 1. The van der Waals surface area contributed by atoms with Crippen LogP contribution in [0.25, 0.3) is 0 Å². The van der Waals surface area contributed by atoms with Crippen molar-refractivity contribution in [3.05, 3.63) is 35.1 Å². The molecule has 0 unspecified atom stereocenters. The Labute approximate surface area is 108 Å². The maximum atomic E-state index is 13.3. The molecule has 0 heterocycles. The standard InChI is InChI=1S/C15H19FN2/c1-11(2)9-18(15-5-6-15)10-13-7-14(16)4-3-12(13)8-17/h3-4,7,11,15H,5-6,9-10H2,1-2H3. The van der Waals surface area contributed by atoms with Gasteiger partial charge in [0.25, 0.3) is 0 Å². The molecule has 96 valence electrons. The fourth-order valence-electron chi connectivity index (χ4n) is 2.27. The Morgan fingerprint density at radius 3 is 2.72 bits per heavy atom. The fourth-order valence-corrected chi connectivity index (χ4v) is 2.27. The summed E-state index contributed by atoms with van der Waals surface area (Å²) in [5.41, 5.74) is 1.40. The van der Waals surface area contributed by atoms with Crippen LogP contribution in [0.15, 0.2) is 18.2 Å². The summed E-state index contributed by atoms with van der Waals surface area (Å²) in [6.07, 6.45) is 2.45. The SMILES string of the molecule is CC(C)CN(Cc1cc(F)ccc1C#N)C1CC1. The molecule has 18 heavy (non-hydrogen) atoms. The third kappa shape index (κ3) is 3.30. The first-order valence-electron chi connectivity index (χ1n) is 6.52. The van der Waals surface area contributed by atoms with E-state index in [1.165, 1.54) is 25.0 Å². The Morgan fingerprint density at radius 2 is 2.17 bits per heavy atom. The Kier molecular flexibility index (Phi) is 3.98. The van der Waals surface area contributed by atoms with E-state index in [0.29, 0.717) is 24.1 Å². The van der Waals surface area contributed by atoms with Crippen molar-refractivity contribution < 1.29 is 4.39 Å². The van der Waals surface area contributed by atoms with Gasteiger partial charge in [0.05, 0.1) is 11.6 Å². The first kappa shape index (κ1) is 13.0. The van der Waals surface area contributed by atoms with Gasteiger partial charge in [0, 0.05) is 19.1 Å². The predicted molar refractivity (Wildman–Crippen MR) is 69.4 cm³/mol. The summed E-state index contributed by atoms with van der Waals surface area (Å²) in [5, 5.41) is 9.07. The summed E-state index contributed by atoms with van der Waals surface area (Å²) in [6, 6.07) is 7.20. The van der Waals surface area contributed by atoms with E-state index in [2.05, 4.69) is 24.8 Å². The third-order valence-electron chi connectivity index (χ3n) is 3.22. The lowest BCUT2D eigenvalue weighted by Crippen LogP contribution is -2.29. The Bertz CT molecular complexity index is 458. The highest BCUT2D eigenvalue weighted by Gasteiger charge is 2.29. The van der Waals surface area contributed by atoms with Crippen molar-refractivity contribution in [1.82, 2.24) is 4.90 Å². The van der Waals surface area contributed by atoms with E-state index in [4.69, 9.17) is 5.26 Å². The largest absolute Gasteiger partial charge is 0.296 e. The number of hydrogen-bond donors (Lipinski definition) is 0.